The Morgan fingerprint density at radius 1 is 1.15 bits per heavy atom. The van der Waals surface area contributed by atoms with Crippen molar-refractivity contribution in [2.75, 3.05) is 13.7 Å². The smallest absolute Gasteiger partial charge is 0.255 e. The van der Waals surface area contributed by atoms with Gasteiger partial charge in [-0.1, -0.05) is 41.9 Å². The Bertz CT molecular complexity index is 967. The van der Waals surface area contributed by atoms with Gasteiger partial charge in [-0.05, 0) is 30.2 Å². The number of carbonyl (C=O) groups excluding carboxylic acids is 1. The second-order valence-corrected chi connectivity index (χ2v) is 6.37. The van der Waals surface area contributed by atoms with E-state index in [1.165, 1.54) is 6.20 Å². The van der Waals surface area contributed by atoms with Crippen LogP contribution in [0, 0.1) is 0 Å². The van der Waals surface area contributed by atoms with Crippen LogP contribution in [-0.4, -0.2) is 24.6 Å². The summed E-state index contributed by atoms with van der Waals surface area (Å²) >= 11 is 5.96. The largest absolute Gasteiger partial charge is 0.385 e. The van der Waals surface area contributed by atoms with Crippen LogP contribution in [0.1, 0.15) is 28.4 Å². The van der Waals surface area contributed by atoms with Crippen molar-refractivity contribution in [1.29, 1.82) is 0 Å². The third-order valence-electron chi connectivity index (χ3n) is 4.24. The Hall–Kier alpha value is -2.63. The Balaban J connectivity index is 1.92. The molecular formula is C20H19ClN2O3. The van der Waals surface area contributed by atoms with E-state index in [1.807, 2.05) is 12.1 Å². The van der Waals surface area contributed by atoms with Gasteiger partial charge in [0.25, 0.3) is 11.5 Å². The lowest BCUT2D eigenvalue weighted by molar-refractivity contribution is 0.0926. The topological polar surface area (TPSA) is 71.2 Å². The molecule has 0 bridgehead atoms. The first-order valence-corrected chi connectivity index (χ1v) is 8.63. The van der Waals surface area contributed by atoms with Crippen molar-refractivity contribution in [2.24, 2.45) is 0 Å². The first kappa shape index (κ1) is 18.2. The molecule has 5 nitrogen and oxygen atoms in total. The molecule has 6 heteroatoms. The van der Waals surface area contributed by atoms with Gasteiger partial charge in [0.15, 0.2) is 0 Å². The average molecular weight is 371 g/mol. The van der Waals surface area contributed by atoms with Gasteiger partial charge in [0.2, 0.25) is 0 Å². The Kier molecular flexibility index (Phi) is 5.71. The van der Waals surface area contributed by atoms with E-state index in [1.54, 1.807) is 43.5 Å². The molecular weight excluding hydrogens is 352 g/mol. The van der Waals surface area contributed by atoms with E-state index < -0.39 is 0 Å². The maximum Gasteiger partial charge on any atom is 0.255 e. The lowest BCUT2D eigenvalue weighted by atomic mass is 10.0. The van der Waals surface area contributed by atoms with Crippen molar-refractivity contribution in [1.82, 2.24) is 10.3 Å². The monoisotopic (exact) mass is 370 g/mol. The number of benzene rings is 2. The third-order valence-corrected chi connectivity index (χ3v) is 4.49. The molecule has 1 amide bonds. The highest BCUT2D eigenvalue weighted by atomic mass is 35.5. The Morgan fingerprint density at radius 2 is 1.85 bits per heavy atom. The number of nitrogens with one attached hydrogen (secondary N) is 2. The lowest BCUT2D eigenvalue weighted by Gasteiger charge is -2.19. The second-order valence-electron chi connectivity index (χ2n) is 5.94. The number of H-pyrrole nitrogens is 1. The van der Waals surface area contributed by atoms with Crippen molar-refractivity contribution in [3.05, 3.63) is 81.2 Å². The van der Waals surface area contributed by atoms with Gasteiger partial charge in [0.05, 0.1) is 11.6 Å². The zero-order valence-electron chi connectivity index (χ0n) is 14.3. The van der Waals surface area contributed by atoms with Crippen LogP contribution in [-0.2, 0) is 4.74 Å². The minimum Gasteiger partial charge on any atom is -0.385 e. The number of aromatic amines is 1. The number of amides is 1. The van der Waals surface area contributed by atoms with Crippen LogP contribution < -0.4 is 10.9 Å². The maximum absolute atomic E-state index is 12.9. The van der Waals surface area contributed by atoms with E-state index in [0.29, 0.717) is 34.4 Å². The molecule has 0 radical (unpaired) electrons. The van der Waals surface area contributed by atoms with Crippen molar-refractivity contribution >= 4 is 28.3 Å². The van der Waals surface area contributed by atoms with Gasteiger partial charge in [-0.2, -0.15) is 0 Å². The van der Waals surface area contributed by atoms with E-state index in [2.05, 4.69) is 10.3 Å². The van der Waals surface area contributed by atoms with Crippen molar-refractivity contribution in [2.45, 2.75) is 12.5 Å². The van der Waals surface area contributed by atoms with Gasteiger partial charge in [-0.3, -0.25) is 9.59 Å². The molecule has 1 atom stereocenters. The molecule has 0 spiro atoms. The fourth-order valence-corrected chi connectivity index (χ4v) is 3.01. The van der Waals surface area contributed by atoms with E-state index >= 15 is 0 Å². The van der Waals surface area contributed by atoms with Gasteiger partial charge < -0.3 is 15.0 Å². The number of methoxy groups -OCH3 is 1. The van der Waals surface area contributed by atoms with Crippen molar-refractivity contribution in [3.63, 3.8) is 0 Å². The third kappa shape index (κ3) is 3.95. The highest BCUT2D eigenvalue weighted by molar-refractivity contribution is 6.30. The highest BCUT2D eigenvalue weighted by Crippen LogP contribution is 2.21. The van der Waals surface area contributed by atoms with Crippen LogP contribution in [0.2, 0.25) is 5.02 Å². The Labute approximate surface area is 156 Å². The first-order valence-electron chi connectivity index (χ1n) is 8.26. The van der Waals surface area contributed by atoms with E-state index in [-0.39, 0.29) is 17.5 Å². The Morgan fingerprint density at radius 3 is 2.54 bits per heavy atom. The van der Waals surface area contributed by atoms with Crippen molar-refractivity contribution < 1.29 is 9.53 Å². The van der Waals surface area contributed by atoms with E-state index in [4.69, 9.17) is 16.3 Å². The molecule has 134 valence electrons. The number of hydrogen-bond acceptors (Lipinski definition) is 3. The van der Waals surface area contributed by atoms with Gasteiger partial charge >= 0.3 is 0 Å². The summed E-state index contributed by atoms with van der Waals surface area (Å²) in [6.07, 6.45) is 2.07. The molecule has 0 aliphatic carbocycles. The number of halogens is 1. The number of carbonyl (C=O) groups is 1. The molecule has 26 heavy (non-hydrogen) atoms. The molecule has 0 aliphatic rings. The van der Waals surface area contributed by atoms with Crippen molar-refractivity contribution in [3.8, 4) is 0 Å². The van der Waals surface area contributed by atoms with Gasteiger partial charge in [-0.25, -0.2) is 0 Å². The number of rotatable bonds is 6. The zero-order chi connectivity index (χ0) is 18.5. The van der Waals surface area contributed by atoms with Gasteiger partial charge in [0.1, 0.15) is 0 Å². The molecule has 2 N–H and O–H groups in total. The molecule has 1 heterocycles. The molecule has 0 unspecified atom stereocenters. The molecule has 0 fully saturated rings. The minimum absolute atomic E-state index is 0.217. The van der Waals surface area contributed by atoms with Crippen LogP contribution >= 0.6 is 11.6 Å². The summed E-state index contributed by atoms with van der Waals surface area (Å²) in [4.78, 5) is 27.5. The SMILES string of the molecule is COCC[C@H](NC(=O)c1c[nH]c(=O)c2ccccc12)c1ccc(Cl)cc1. The number of ether oxygens (including phenoxy) is 1. The predicted molar refractivity (Wildman–Crippen MR) is 103 cm³/mol. The summed E-state index contributed by atoms with van der Waals surface area (Å²) in [6.45, 7) is 0.500. The average Bonchev–Trinajstić information content (AvgIpc) is 2.66. The molecule has 2 aromatic carbocycles. The fourth-order valence-electron chi connectivity index (χ4n) is 2.89. The van der Waals surface area contributed by atoms with Gasteiger partial charge in [0, 0.05) is 35.7 Å². The molecule has 0 saturated heterocycles. The first-order chi connectivity index (χ1) is 12.6. The van der Waals surface area contributed by atoms with Crippen LogP contribution in [0.5, 0.6) is 0 Å². The number of pyridine rings is 1. The maximum atomic E-state index is 12.9. The quantitative estimate of drug-likeness (QED) is 0.695. The highest BCUT2D eigenvalue weighted by Gasteiger charge is 2.18. The predicted octanol–water partition coefficient (Wildman–Crippen LogP) is 3.69. The standard InChI is InChI=1S/C20H19ClN2O3/c1-26-11-10-18(13-6-8-14(21)9-7-13)23-20(25)17-12-22-19(24)16-5-3-2-4-15(16)17/h2-9,12,18H,10-11H2,1H3,(H,22,24)(H,23,25)/t18-/m0/s1. The normalized spacial score (nSPS) is 12.1. The lowest BCUT2D eigenvalue weighted by Crippen LogP contribution is -2.30. The second kappa shape index (κ2) is 8.17. The van der Waals surface area contributed by atoms with Crippen LogP contribution in [0.25, 0.3) is 10.8 Å². The number of aromatic nitrogens is 1. The summed E-state index contributed by atoms with van der Waals surface area (Å²) in [5, 5.41) is 4.77. The summed E-state index contributed by atoms with van der Waals surface area (Å²) in [7, 11) is 1.62. The van der Waals surface area contributed by atoms with E-state index in [0.717, 1.165) is 5.56 Å². The van der Waals surface area contributed by atoms with E-state index in [9.17, 15) is 9.59 Å². The summed E-state index contributed by atoms with van der Waals surface area (Å²) in [6, 6.07) is 14.2. The summed E-state index contributed by atoms with van der Waals surface area (Å²) in [5.74, 6) is -0.256. The molecule has 0 aliphatic heterocycles. The summed E-state index contributed by atoms with van der Waals surface area (Å²) < 4.78 is 5.17. The molecule has 3 aromatic rings. The zero-order valence-corrected chi connectivity index (χ0v) is 15.0. The molecule has 1 aromatic heterocycles. The fraction of sp³-hybridized carbons (Fsp3) is 0.200. The summed E-state index contributed by atoms with van der Waals surface area (Å²) in [5.41, 5.74) is 1.15. The molecule has 0 saturated carbocycles. The van der Waals surface area contributed by atoms with Gasteiger partial charge in [-0.15, -0.1) is 0 Å². The number of hydrogen-bond donors (Lipinski definition) is 2. The molecule has 3 rings (SSSR count). The van der Waals surface area contributed by atoms with Crippen LogP contribution in [0.15, 0.2) is 59.5 Å². The van der Waals surface area contributed by atoms with Crippen LogP contribution in [0.3, 0.4) is 0 Å². The minimum atomic E-state index is -0.256. The van der Waals surface area contributed by atoms with Crippen LogP contribution in [0.4, 0.5) is 0 Å². The number of fused-ring (bicyclic) bond motifs is 1.